The Bertz CT molecular complexity index is 338. The Balaban J connectivity index is 2.74. The van der Waals surface area contributed by atoms with Gasteiger partial charge in [-0.2, -0.15) is 5.10 Å². The molecule has 1 rings (SSSR count). The third-order valence-electron chi connectivity index (χ3n) is 1.87. The third kappa shape index (κ3) is 3.51. The number of thioether (sulfide) groups is 1. The van der Waals surface area contributed by atoms with Crippen LogP contribution in [0.2, 0.25) is 0 Å². The fourth-order valence-electron chi connectivity index (χ4n) is 1.05. The first kappa shape index (κ1) is 12.0. The summed E-state index contributed by atoms with van der Waals surface area (Å²) in [6.07, 6.45) is 0. The first-order valence-corrected chi connectivity index (χ1v) is 5.58. The second-order valence-corrected chi connectivity index (χ2v) is 4.80. The fraction of sp³-hybridized carbons (Fsp3) is 0.500. The van der Waals surface area contributed by atoms with E-state index in [0.29, 0.717) is 5.03 Å². The van der Waals surface area contributed by atoms with E-state index in [1.54, 1.807) is 6.07 Å². The Morgan fingerprint density at radius 1 is 1.40 bits per heavy atom. The normalized spacial score (nSPS) is 12.8. The second kappa shape index (κ2) is 5.11. The Morgan fingerprint density at radius 2 is 2.07 bits per heavy atom. The van der Waals surface area contributed by atoms with Gasteiger partial charge in [-0.05, 0) is 25.0 Å². The average Bonchev–Trinajstić information content (AvgIpc) is 2.15. The van der Waals surface area contributed by atoms with Gasteiger partial charge in [0, 0.05) is 0 Å². The molecule has 4 nitrogen and oxygen atoms in total. The summed E-state index contributed by atoms with van der Waals surface area (Å²) in [7, 11) is 0. The van der Waals surface area contributed by atoms with Crippen molar-refractivity contribution in [2.45, 2.75) is 31.0 Å². The molecule has 0 spiro atoms. The van der Waals surface area contributed by atoms with Crippen molar-refractivity contribution in [3.8, 4) is 0 Å². The Morgan fingerprint density at radius 3 is 2.47 bits per heavy atom. The molecule has 0 aliphatic rings. The van der Waals surface area contributed by atoms with Crippen LogP contribution in [0, 0.1) is 12.8 Å². The molecule has 1 unspecified atom stereocenters. The number of carboxylic acids is 1. The van der Waals surface area contributed by atoms with Crippen molar-refractivity contribution >= 4 is 17.7 Å². The topological polar surface area (TPSA) is 63.1 Å². The molecule has 82 valence electrons. The number of carboxylic acid groups (broad SMARTS) is 1. The summed E-state index contributed by atoms with van der Waals surface area (Å²) >= 11 is 1.24. The number of carbonyl (C=O) groups is 1. The van der Waals surface area contributed by atoms with Crippen molar-refractivity contribution in [3.63, 3.8) is 0 Å². The molecule has 5 heteroatoms. The highest BCUT2D eigenvalue weighted by atomic mass is 32.2. The number of hydrogen-bond acceptors (Lipinski definition) is 4. The van der Waals surface area contributed by atoms with Crippen LogP contribution >= 0.6 is 11.8 Å². The van der Waals surface area contributed by atoms with Crippen molar-refractivity contribution in [1.29, 1.82) is 0 Å². The number of aromatic nitrogens is 2. The first-order chi connectivity index (χ1) is 7.00. The van der Waals surface area contributed by atoms with Crippen LogP contribution in [-0.4, -0.2) is 26.5 Å². The number of hydrogen-bond donors (Lipinski definition) is 1. The summed E-state index contributed by atoms with van der Waals surface area (Å²) < 4.78 is 0. The maximum Gasteiger partial charge on any atom is 0.317 e. The highest BCUT2D eigenvalue weighted by Gasteiger charge is 2.23. The van der Waals surface area contributed by atoms with Gasteiger partial charge >= 0.3 is 5.97 Å². The lowest BCUT2D eigenvalue weighted by Crippen LogP contribution is -2.22. The Hall–Kier alpha value is -1.10. The number of nitrogens with zero attached hydrogens (tertiary/aromatic N) is 2. The Kier molecular flexibility index (Phi) is 4.08. The van der Waals surface area contributed by atoms with E-state index < -0.39 is 11.2 Å². The van der Waals surface area contributed by atoms with E-state index in [4.69, 9.17) is 5.11 Å². The quantitative estimate of drug-likeness (QED) is 0.795. The third-order valence-corrected chi connectivity index (χ3v) is 3.33. The number of rotatable bonds is 4. The maximum absolute atomic E-state index is 10.9. The lowest BCUT2D eigenvalue weighted by molar-refractivity contribution is -0.137. The molecule has 0 radical (unpaired) electrons. The minimum atomic E-state index is -0.808. The lowest BCUT2D eigenvalue weighted by atomic mass is 10.1. The van der Waals surface area contributed by atoms with E-state index in [-0.39, 0.29) is 5.92 Å². The zero-order valence-corrected chi connectivity index (χ0v) is 9.78. The van der Waals surface area contributed by atoms with Crippen LogP contribution in [-0.2, 0) is 4.79 Å². The van der Waals surface area contributed by atoms with Crippen LogP contribution in [0.1, 0.15) is 19.5 Å². The summed E-state index contributed by atoms with van der Waals surface area (Å²) in [5, 5.41) is 17.0. The van der Waals surface area contributed by atoms with E-state index in [0.717, 1.165) is 5.69 Å². The van der Waals surface area contributed by atoms with Crippen molar-refractivity contribution < 1.29 is 9.90 Å². The molecule has 1 aromatic rings. The van der Waals surface area contributed by atoms with Crippen LogP contribution in [0.15, 0.2) is 17.2 Å². The molecular weight excluding hydrogens is 212 g/mol. The molecule has 0 saturated carbocycles. The second-order valence-electron chi connectivity index (χ2n) is 3.63. The number of aryl methyl sites for hydroxylation is 1. The first-order valence-electron chi connectivity index (χ1n) is 4.70. The predicted molar refractivity (Wildman–Crippen MR) is 58.9 cm³/mol. The standard InChI is InChI=1S/C10H14N2O2S/c1-6(2)9(10(13)14)15-8-5-4-7(3)11-12-8/h4-6,9H,1-3H3,(H,13,14). The predicted octanol–water partition coefficient (Wildman–Crippen LogP) is 1.99. The van der Waals surface area contributed by atoms with Crippen molar-refractivity contribution in [1.82, 2.24) is 10.2 Å². The maximum atomic E-state index is 10.9. The van der Waals surface area contributed by atoms with Gasteiger partial charge < -0.3 is 5.11 Å². The molecule has 1 N–H and O–H groups in total. The van der Waals surface area contributed by atoms with Crippen LogP contribution in [0.5, 0.6) is 0 Å². The molecule has 0 saturated heterocycles. The minimum absolute atomic E-state index is 0.0654. The monoisotopic (exact) mass is 226 g/mol. The van der Waals surface area contributed by atoms with Gasteiger partial charge in [0.15, 0.2) is 0 Å². The SMILES string of the molecule is Cc1ccc(SC(C(=O)O)C(C)C)nn1. The fourth-order valence-corrected chi connectivity index (χ4v) is 1.92. The van der Waals surface area contributed by atoms with E-state index in [2.05, 4.69) is 10.2 Å². The van der Waals surface area contributed by atoms with Crippen molar-refractivity contribution in [2.75, 3.05) is 0 Å². The van der Waals surface area contributed by atoms with Gasteiger partial charge in [0.2, 0.25) is 0 Å². The molecule has 0 aromatic carbocycles. The number of aliphatic carboxylic acids is 1. The van der Waals surface area contributed by atoms with Crippen molar-refractivity contribution in [2.24, 2.45) is 5.92 Å². The molecule has 0 bridgehead atoms. The van der Waals surface area contributed by atoms with E-state index in [1.807, 2.05) is 26.8 Å². The van der Waals surface area contributed by atoms with Gasteiger partial charge in [-0.25, -0.2) is 0 Å². The minimum Gasteiger partial charge on any atom is -0.480 e. The highest BCUT2D eigenvalue weighted by molar-refractivity contribution is 8.00. The molecule has 1 heterocycles. The van der Waals surface area contributed by atoms with Gasteiger partial charge in [0.25, 0.3) is 0 Å². The molecule has 1 aromatic heterocycles. The lowest BCUT2D eigenvalue weighted by Gasteiger charge is -2.14. The molecule has 0 fully saturated rings. The molecule has 0 amide bonds. The summed E-state index contributed by atoms with van der Waals surface area (Å²) in [5.41, 5.74) is 0.829. The highest BCUT2D eigenvalue weighted by Crippen LogP contribution is 2.26. The summed E-state index contributed by atoms with van der Waals surface area (Å²) in [6, 6.07) is 3.62. The largest absolute Gasteiger partial charge is 0.480 e. The van der Waals surface area contributed by atoms with E-state index >= 15 is 0 Å². The summed E-state index contributed by atoms with van der Waals surface area (Å²) in [4.78, 5) is 10.9. The molecule has 1 atom stereocenters. The Labute approximate surface area is 93.1 Å². The van der Waals surface area contributed by atoms with Gasteiger partial charge in [-0.3, -0.25) is 4.79 Å². The average molecular weight is 226 g/mol. The zero-order chi connectivity index (χ0) is 11.4. The van der Waals surface area contributed by atoms with Gasteiger partial charge in [-0.1, -0.05) is 25.6 Å². The van der Waals surface area contributed by atoms with Crippen LogP contribution in [0.3, 0.4) is 0 Å². The summed E-state index contributed by atoms with van der Waals surface area (Å²) in [6.45, 7) is 5.61. The van der Waals surface area contributed by atoms with Gasteiger partial charge in [0.05, 0.1) is 5.69 Å². The van der Waals surface area contributed by atoms with Crippen LogP contribution in [0.4, 0.5) is 0 Å². The van der Waals surface area contributed by atoms with Gasteiger partial charge in [0.1, 0.15) is 10.3 Å². The molecule has 0 aliphatic heterocycles. The van der Waals surface area contributed by atoms with Gasteiger partial charge in [-0.15, -0.1) is 5.10 Å². The van der Waals surface area contributed by atoms with Crippen LogP contribution in [0.25, 0.3) is 0 Å². The zero-order valence-electron chi connectivity index (χ0n) is 8.97. The smallest absolute Gasteiger partial charge is 0.317 e. The summed E-state index contributed by atoms with van der Waals surface area (Å²) in [5.74, 6) is -0.743. The molecular formula is C10H14N2O2S. The molecule has 0 aliphatic carbocycles. The van der Waals surface area contributed by atoms with Crippen LogP contribution < -0.4 is 0 Å². The van der Waals surface area contributed by atoms with E-state index in [1.165, 1.54) is 11.8 Å². The molecule has 15 heavy (non-hydrogen) atoms. The van der Waals surface area contributed by atoms with E-state index in [9.17, 15) is 4.79 Å². The van der Waals surface area contributed by atoms with Crippen molar-refractivity contribution in [3.05, 3.63) is 17.8 Å².